The maximum absolute atomic E-state index is 11.3. The Kier molecular flexibility index (Phi) is 3.44. The first kappa shape index (κ1) is 13.1. The normalized spacial score (nSPS) is 18.2. The van der Waals surface area contributed by atoms with Gasteiger partial charge in [0.2, 0.25) is 8.32 Å². The van der Waals surface area contributed by atoms with Crippen molar-refractivity contribution in [3.05, 3.63) is 41.5 Å². The summed E-state index contributed by atoms with van der Waals surface area (Å²) in [6.45, 7) is 8.17. The van der Waals surface area contributed by atoms with Gasteiger partial charge in [0.15, 0.2) is 0 Å². The summed E-state index contributed by atoms with van der Waals surface area (Å²) in [4.78, 5) is 11.3. The second-order valence-corrected chi connectivity index (χ2v) is 10.3. The van der Waals surface area contributed by atoms with Crippen LogP contribution in [0.2, 0.25) is 19.6 Å². The highest BCUT2D eigenvalue weighted by Crippen LogP contribution is 2.39. The van der Waals surface area contributed by atoms with Gasteiger partial charge < -0.3 is 4.43 Å². The lowest BCUT2D eigenvalue weighted by Gasteiger charge is -2.20. The van der Waals surface area contributed by atoms with Gasteiger partial charge in [-0.2, -0.15) is 0 Å². The van der Waals surface area contributed by atoms with Gasteiger partial charge in [-0.15, -0.1) is 0 Å². The van der Waals surface area contributed by atoms with E-state index in [1.807, 2.05) is 12.1 Å². The third-order valence-electron chi connectivity index (χ3n) is 2.90. The van der Waals surface area contributed by atoms with E-state index in [1.54, 1.807) is 6.92 Å². The minimum absolute atomic E-state index is 0.185. The van der Waals surface area contributed by atoms with E-state index in [2.05, 4.69) is 37.8 Å². The molecule has 0 saturated carbocycles. The molecule has 1 atom stereocenters. The minimum Gasteiger partial charge on any atom is -0.544 e. The van der Waals surface area contributed by atoms with Crippen LogP contribution in [0, 0.1) is 0 Å². The van der Waals surface area contributed by atoms with Gasteiger partial charge in [0.05, 0.1) is 0 Å². The van der Waals surface area contributed by atoms with Crippen molar-refractivity contribution in [2.75, 3.05) is 0 Å². The molecule has 0 N–H and O–H groups in total. The lowest BCUT2D eigenvalue weighted by Crippen LogP contribution is -2.24. The van der Waals surface area contributed by atoms with Gasteiger partial charge in [0.1, 0.15) is 11.5 Å². The molecule has 1 unspecified atom stereocenters. The molecule has 0 heterocycles. The van der Waals surface area contributed by atoms with E-state index in [4.69, 9.17) is 4.43 Å². The predicted molar refractivity (Wildman–Crippen MR) is 76.9 cm³/mol. The van der Waals surface area contributed by atoms with Crippen LogP contribution in [0.25, 0.3) is 5.76 Å². The van der Waals surface area contributed by atoms with Crippen LogP contribution in [0.15, 0.2) is 30.3 Å². The molecule has 1 aliphatic rings. The first-order chi connectivity index (χ1) is 8.37. The zero-order valence-corrected chi connectivity index (χ0v) is 12.5. The summed E-state index contributed by atoms with van der Waals surface area (Å²) in [5, 5.41) is 0. The summed E-state index contributed by atoms with van der Waals surface area (Å²) in [6.07, 6.45) is 2.68. The van der Waals surface area contributed by atoms with Gasteiger partial charge in [-0.25, -0.2) is 0 Å². The van der Waals surface area contributed by atoms with E-state index in [1.165, 1.54) is 5.56 Å². The summed E-state index contributed by atoms with van der Waals surface area (Å²) in [7, 11) is -1.61. The fourth-order valence-corrected chi connectivity index (χ4v) is 3.14. The van der Waals surface area contributed by atoms with Crippen LogP contribution in [0.1, 0.15) is 30.4 Å². The molecule has 2 rings (SSSR count). The third-order valence-corrected chi connectivity index (χ3v) is 3.73. The average molecular weight is 260 g/mol. The topological polar surface area (TPSA) is 26.3 Å². The van der Waals surface area contributed by atoms with Crippen molar-refractivity contribution in [1.82, 2.24) is 0 Å². The SMILES string of the molecule is CC(=O)CC1C=C(O[Si](C)(C)C)c2ccccc21. The highest BCUT2D eigenvalue weighted by Gasteiger charge is 2.28. The van der Waals surface area contributed by atoms with Crippen LogP contribution in [0.4, 0.5) is 0 Å². The summed E-state index contributed by atoms with van der Waals surface area (Å²) in [5.74, 6) is 1.38. The fraction of sp³-hybridized carbons (Fsp3) is 0.400. The van der Waals surface area contributed by atoms with E-state index in [-0.39, 0.29) is 11.7 Å². The molecule has 0 radical (unpaired) electrons. The standard InChI is InChI=1S/C15H20O2Si/c1-11(16)9-12-10-15(17-18(2,3)4)14-8-6-5-7-13(12)14/h5-8,10,12H,9H2,1-4H3. The van der Waals surface area contributed by atoms with Crippen molar-refractivity contribution < 1.29 is 9.22 Å². The Morgan fingerprint density at radius 3 is 2.56 bits per heavy atom. The number of ketones is 1. The molecule has 0 spiro atoms. The van der Waals surface area contributed by atoms with Crippen LogP contribution < -0.4 is 0 Å². The van der Waals surface area contributed by atoms with Gasteiger partial charge in [0, 0.05) is 17.9 Å². The molecule has 96 valence electrons. The highest BCUT2D eigenvalue weighted by molar-refractivity contribution is 6.70. The molecule has 0 fully saturated rings. The zero-order valence-electron chi connectivity index (χ0n) is 11.5. The van der Waals surface area contributed by atoms with E-state index >= 15 is 0 Å². The Hall–Kier alpha value is -1.35. The number of Topliss-reactive ketones (excluding diaryl/α,β-unsaturated/α-hetero) is 1. The van der Waals surface area contributed by atoms with E-state index in [9.17, 15) is 4.79 Å². The van der Waals surface area contributed by atoms with Crippen LogP contribution in [-0.2, 0) is 9.22 Å². The monoisotopic (exact) mass is 260 g/mol. The number of benzene rings is 1. The number of hydrogen-bond donors (Lipinski definition) is 0. The first-order valence-corrected chi connectivity index (χ1v) is 9.77. The summed E-state index contributed by atoms with van der Waals surface area (Å²) in [6, 6.07) is 8.23. The van der Waals surface area contributed by atoms with Gasteiger partial charge in [-0.1, -0.05) is 24.3 Å². The number of carbonyl (C=O) groups is 1. The smallest absolute Gasteiger partial charge is 0.242 e. The van der Waals surface area contributed by atoms with Gasteiger partial charge >= 0.3 is 0 Å². The highest BCUT2D eigenvalue weighted by atomic mass is 28.4. The van der Waals surface area contributed by atoms with Crippen molar-refractivity contribution in [2.45, 2.75) is 38.9 Å². The Morgan fingerprint density at radius 1 is 1.28 bits per heavy atom. The van der Waals surface area contributed by atoms with Crippen molar-refractivity contribution in [2.24, 2.45) is 0 Å². The van der Waals surface area contributed by atoms with E-state index in [0.717, 1.165) is 11.3 Å². The molecule has 18 heavy (non-hydrogen) atoms. The van der Waals surface area contributed by atoms with Crippen LogP contribution in [-0.4, -0.2) is 14.1 Å². The van der Waals surface area contributed by atoms with Crippen molar-refractivity contribution in [3.8, 4) is 0 Å². The maximum atomic E-state index is 11.3. The number of rotatable bonds is 4. The summed E-state index contributed by atoms with van der Waals surface area (Å²) >= 11 is 0. The van der Waals surface area contributed by atoms with E-state index < -0.39 is 8.32 Å². The average Bonchev–Trinajstić information content (AvgIpc) is 2.54. The Morgan fingerprint density at radius 2 is 1.94 bits per heavy atom. The maximum Gasteiger partial charge on any atom is 0.242 e. The molecule has 2 nitrogen and oxygen atoms in total. The Balaban J connectivity index is 2.33. The molecule has 0 aromatic heterocycles. The van der Waals surface area contributed by atoms with Crippen molar-refractivity contribution in [3.63, 3.8) is 0 Å². The minimum atomic E-state index is -1.61. The number of carbonyl (C=O) groups excluding carboxylic acids is 1. The van der Waals surface area contributed by atoms with Crippen molar-refractivity contribution in [1.29, 1.82) is 0 Å². The third kappa shape index (κ3) is 2.90. The molecule has 0 saturated heterocycles. The molecule has 1 aromatic carbocycles. The fourth-order valence-electron chi connectivity index (χ4n) is 2.30. The number of hydrogen-bond acceptors (Lipinski definition) is 2. The number of allylic oxidation sites excluding steroid dienone is 1. The molecular formula is C15H20O2Si. The molecule has 1 aliphatic carbocycles. The molecule has 0 aliphatic heterocycles. The Labute approximate surface area is 110 Å². The summed E-state index contributed by atoms with van der Waals surface area (Å²) in [5.41, 5.74) is 2.38. The second kappa shape index (κ2) is 4.73. The van der Waals surface area contributed by atoms with Crippen LogP contribution in [0.5, 0.6) is 0 Å². The summed E-state index contributed by atoms with van der Waals surface area (Å²) < 4.78 is 6.13. The lowest BCUT2D eigenvalue weighted by molar-refractivity contribution is -0.117. The van der Waals surface area contributed by atoms with Crippen molar-refractivity contribution >= 4 is 19.9 Å². The quantitative estimate of drug-likeness (QED) is 0.766. The molecule has 3 heteroatoms. The number of fused-ring (bicyclic) bond motifs is 1. The first-order valence-electron chi connectivity index (χ1n) is 6.36. The molecule has 0 amide bonds. The van der Waals surface area contributed by atoms with Crippen LogP contribution in [0.3, 0.4) is 0 Å². The Bertz CT molecular complexity index is 497. The predicted octanol–water partition coefficient (Wildman–Crippen LogP) is 3.96. The second-order valence-electron chi connectivity index (χ2n) is 5.85. The van der Waals surface area contributed by atoms with Gasteiger partial charge in [0.25, 0.3) is 0 Å². The van der Waals surface area contributed by atoms with E-state index in [0.29, 0.717) is 6.42 Å². The van der Waals surface area contributed by atoms with Crippen LogP contribution >= 0.6 is 0 Å². The van der Waals surface area contributed by atoms with Gasteiger partial charge in [-0.3, -0.25) is 4.79 Å². The molecule has 0 bridgehead atoms. The van der Waals surface area contributed by atoms with Gasteiger partial charge in [-0.05, 0) is 38.2 Å². The molecule has 1 aromatic rings. The zero-order chi connectivity index (χ0) is 13.3. The lowest BCUT2D eigenvalue weighted by atomic mass is 9.96. The largest absolute Gasteiger partial charge is 0.544 e. The molecular weight excluding hydrogens is 240 g/mol.